The van der Waals surface area contributed by atoms with Crippen molar-refractivity contribution >= 4 is 16.8 Å². The molecular weight excluding hydrogens is 268 g/mol. The van der Waals surface area contributed by atoms with Gasteiger partial charge in [0.05, 0.1) is 6.61 Å². The van der Waals surface area contributed by atoms with Gasteiger partial charge in [-0.05, 0) is 41.3 Å². The number of hydrogen-bond donors (Lipinski definition) is 1. The first-order valence-electron chi connectivity index (χ1n) is 7.56. The molecule has 0 saturated carbocycles. The van der Waals surface area contributed by atoms with E-state index >= 15 is 0 Å². The van der Waals surface area contributed by atoms with Gasteiger partial charge in [-0.3, -0.25) is 0 Å². The second-order valence-electron chi connectivity index (χ2n) is 5.15. The minimum atomic E-state index is -0.0375. The lowest BCUT2D eigenvalue weighted by Crippen LogP contribution is -1.87. The van der Waals surface area contributed by atoms with Gasteiger partial charge in [0.25, 0.3) is 0 Å². The molecule has 0 aliphatic heterocycles. The van der Waals surface area contributed by atoms with E-state index in [1.54, 1.807) is 0 Å². The van der Waals surface area contributed by atoms with Crippen LogP contribution in [-0.4, -0.2) is 11.7 Å². The molecule has 2 aromatic carbocycles. The summed E-state index contributed by atoms with van der Waals surface area (Å²) in [6.45, 7) is -0.0375. The highest BCUT2D eigenvalue weighted by Crippen LogP contribution is 2.17. The molecular formula is C21H20O. The number of fused-ring (bicyclic) bond motifs is 1. The molecule has 0 fully saturated rings. The van der Waals surface area contributed by atoms with Gasteiger partial charge in [-0.2, -0.15) is 0 Å². The highest BCUT2D eigenvalue weighted by Gasteiger charge is 1.96. The van der Waals surface area contributed by atoms with Gasteiger partial charge in [0, 0.05) is 18.4 Å². The van der Waals surface area contributed by atoms with Crippen LogP contribution in [0.15, 0.2) is 48.0 Å². The molecule has 0 heterocycles. The van der Waals surface area contributed by atoms with Gasteiger partial charge in [0.2, 0.25) is 0 Å². The topological polar surface area (TPSA) is 20.2 Å². The zero-order valence-corrected chi connectivity index (χ0v) is 12.7. The van der Waals surface area contributed by atoms with E-state index in [4.69, 9.17) is 6.42 Å². The fraction of sp³-hybridized carbons (Fsp3) is 0.238. The predicted molar refractivity (Wildman–Crippen MR) is 94.1 cm³/mol. The van der Waals surface area contributed by atoms with Crippen molar-refractivity contribution in [3.63, 3.8) is 0 Å². The maximum Gasteiger partial charge on any atom is 0.0760 e. The number of aliphatic hydroxyl groups excluding tert-OH is 1. The first-order valence-corrected chi connectivity index (χ1v) is 7.56. The molecule has 0 bridgehead atoms. The minimum Gasteiger partial charge on any atom is -0.391 e. The van der Waals surface area contributed by atoms with Gasteiger partial charge in [0.1, 0.15) is 0 Å². The third-order valence-electron chi connectivity index (χ3n) is 3.41. The number of rotatable bonds is 5. The molecule has 1 heteroatoms. The van der Waals surface area contributed by atoms with Crippen LogP contribution in [0.3, 0.4) is 0 Å². The zero-order chi connectivity index (χ0) is 15.6. The normalized spacial score (nSPS) is 10.8. The lowest BCUT2D eigenvalue weighted by Gasteiger charge is -2.00. The maximum atomic E-state index is 9.44. The Kier molecular flexibility index (Phi) is 6.31. The number of terminal acetylenes is 1. The van der Waals surface area contributed by atoms with Crippen LogP contribution in [0.25, 0.3) is 16.8 Å². The van der Waals surface area contributed by atoms with E-state index in [0.717, 1.165) is 36.8 Å². The van der Waals surface area contributed by atoms with E-state index in [0.29, 0.717) is 0 Å². The average Bonchev–Trinajstić information content (AvgIpc) is 2.56. The third kappa shape index (κ3) is 4.81. The summed E-state index contributed by atoms with van der Waals surface area (Å²) in [6, 6.07) is 14.5. The zero-order valence-electron chi connectivity index (χ0n) is 12.7. The van der Waals surface area contributed by atoms with Crippen LogP contribution in [-0.2, 0) is 0 Å². The molecule has 0 aromatic heterocycles. The molecule has 2 aromatic rings. The van der Waals surface area contributed by atoms with Crippen LogP contribution in [0.5, 0.6) is 0 Å². The third-order valence-corrected chi connectivity index (χ3v) is 3.41. The Balaban J connectivity index is 2.07. The standard InChI is InChI=1S/C21H20O/c1-2-3-4-5-6-7-10-19(17-22)15-18-13-14-20-11-8-9-12-21(20)16-18/h1,8-9,11-16,22H,3-6,17H2/b19-15-. The lowest BCUT2D eigenvalue weighted by molar-refractivity contribution is 0.337. The average molecular weight is 288 g/mol. The van der Waals surface area contributed by atoms with Gasteiger partial charge in [0.15, 0.2) is 0 Å². The summed E-state index contributed by atoms with van der Waals surface area (Å²) in [5.41, 5.74) is 1.80. The highest BCUT2D eigenvalue weighted by molar-refractivity contribution is 5.85. The van der Waals surface area contributed by atoms with E-state index in [9.17, 15) is 5.11 Å². The SMILES string of the molecule is C#CCCCCC#C/C(=C/c1ccc2ccccc2c1)CO. The highest BCUT2D eigenvalue weighted by atomic mass is 16.3. The molecule has 1 N–H and O–H groups in total. The summed E-state index contributed by atoms with van der Waals surface area (Å²) in [5.74, 6) is 8.78. The van der Waals surface area contributed by atoms with Crippen molar-refractivity contribution in [3.05, 3.63) is 53.6 Å². The molecule has 0 amide bonds. The summed E-state index contributed by atoms with van der Waals surface area (Å²) >= 11 is 0. The van der Waals surface area contributed by atoms with E-state index in [1.807, 2.05) is 24.3 Å². The van der Waals surface area contributed by atoms with Crippen molar-refractivity contribution in [1.82, 2.24) is 0 Å². The molecule has 0 saturated heterocycles. The molecule has 0 radical (unpaired) electrons. The van der Waals surface area contributed by atoms with Crippen LogP contribution in [0, 0.1) is 24.2 Å². The Morgan fingerprint density at radius 1 is 1.05 bits per heavy atom. The summed E-state index contributed by atoms with van der Waals surface area (Å²) in [6.07, 6.45) is 10.8. The Morgan fingerprint density at radius 3 is 2.59 bits per heavy atom. The smallest absolute Gasteiger partial charge is 0.0760 e. The van der Waals surface area contributed by atoms with Crippen LogP contribution < -0.4 is 0 Å². The van der Waals surface area contributed by atoms with E-state index < -0.39 is 0 Å². The monoisotopic (exact) mass is 288 g/mol. The van der Waals surface area contributed by atoms with Crippen LogP contribution in [0.1, 0.15) is 31.2 Å². The summed E-state index contributed by atoms with van der Waals surface area (Å²) in [4.78, 5) is 0. The van der Waals surface area contributed by atoms with Crippen LogP contribution in [0.2, 0.25) is 0 Å². The number of unbranched alkanes of at least 4 members (excludes halogenated alkanes) is 3. The molecule has 2 rings (SSSR count). The lowest BCUT2D eigenvalue weighted by atomic mass is 10.1. The number of aliphatic hydroxyl groups is 1. The Labute approximate surface area is 132 Å². The van der Waals surface area contributed by atoms with E-state index in [-0.39, 0.29) is 6.61 Å². The number of benzene rings is 2. The fourth-order valence-electron chi connectivity index (χ4n) is 2.24. The Bertz CT molecular complexity index is 751. The second-order valence-corrected chi connectivity index (χ2v) is 5.15. The summed E-state index contributed by atoms with van der Waals surface area (Å²) in [5, 5.41) is 11.8. The largest absolute Gasteiger partial charge is 0.391 e. The molecule has 0 unspecified atom stereocenters. The van der Waals surface area contributed by atoms with Gasteiger partial charge in [-0.25, -0.2) is 0 Å². The van der Waals surface area contributed by atoms with Crippen molar-refractivity contribution in [2.75, 3.05) is 6.61 Å². The minimum absolute atomic E-state index is 0.0375. The molecule has 1 nitrogen and oxygen atoms in total. The molecule has 0 spiro atoms. The molecule has 0 aliphatic carbocycles. The van der Waals surface area contributed by atoms with Crippen molar-refractivity contribution in [2.24, 2.45) is 0 Å². The fourth-order valence-corrected chi connectivity index (χ4v) is 2.24. The van der Waals surface area contributed by atoms with Crippen molar-refractivity contribution < 1.29 is 5.11 Å². The number of hydrogen-bond acceptors (Lipinski definition) is 1. The molecule has 0 aliphatic rings. The van der Waals surface area contributed by atoms with E-state index in [1.165, 1.54) is 10.8 Å². The molecule has 0 atom stereocenters. The van der Waals surface area contributed by atoms with Gasteiger partial charge >= 0.3 is 0 Å². The quantitative estimate of drug-likeness (QED) is 0.638. The van der Waals surface area contributed by atoms with E-state index in [2.05, 4.69) is 42.0 Å². The first kappa shape index (κ1) is 15.9. The summed E-state index contributed by atoms with van der Waals surface area (Å²) < 4.78 is 0. The van der Waals surface area contributed by atoms with Crippen LogP contribution in [0.4, 0.5) is 0 Å². The van der Waals surface area contributed by atoms with Crippen molar-refractivity contribution in [2.45, 2.75) is 25.7 Å². The van der Waals surface area contributed by atoms with Gasteiger partial charge < -0.3 is 5.11 Å². The van der Waals surface area contributed by atoms with Gasteiger partial charge in [-0.15, -0.1) is 12.3 Å². The maximum absolute atomic E-state index is 9.44. The van der Waals surface area contributed by atoms with Crippen molar-refractivity contribution in [1.29, 1.82) is 0 Å². The molecule has 110 valence electrons. The summed E-state index contributed by atoms with van der Waals surface area (Å²) in [7, 11) is 0. The predicted octanol–water partition coefficient (Wildman–Crippen LogP) is 4.41. The van der Waals surface area contributed by atoms with Crippen LogP contribution >= 0.6 is 0 Å². The first-order chi connectivity index (χ1) is 10.8. The Morgan fingerprint density at radius 2 is 1.82 bits per heavy atom. The second kappa shape index (κ2) is 8.73. The molecule has 22 heavy (non-hydrogen) atoms. The van der Waals surface area contributed by atoms with Gasteiger partial charge in [-0.1, -0.05) is 48.2 Å². The Hall–Kier alpha value is -2.48. The van der Waals surface area contributed by atoms with Crippen molar-refractivity contribution in [3.8, 4) is 24.2 Å².